The molecule has 1 amide bonds. The van der Waals surface area contributed by atoms with Gasteiger partial charge in [-0.3, -0.25) is 4.79 Å². The minimum Gasteiger partial charge on any atom is -0.497 e. The molecule has 2 aliphatic rings. The van der Waals surface area contributed by atoms with E-state index < -0.39 is 0 Å². The van der Waals surface area contributed by atoms with Gasteiger partial charge in [0.25, 0.3) is 0 Å². The summed E-state index contributed by atoms with van der Waals surface area (Å²) in [7, 11) is 1.65. The maximum atomic E-state index is 12.6. The molecule has 0 bridgehead atoms. The van der Waals surface area contributed by atoms with Crippen molar-refractivity contribution >= 4 is 11.6 Å². The number of carbonyl (C=O) groups is 1. The van der Waals surface area contributed by atoms with Gasteiger partial charge in [0, 0.05) is 24.2 Å². The van der Waals surface area contributed by atoms with Gasteiger partial charge in [0.05, 0.1) is 13.7 Å². The van der Waals surface area contributed by atoms with E-state index in [4.69, 9.17) is 18.9 Å². The average Bonchev–Trinajstić information content (AvgIpc) is 3.25. The molecule has 2 aromatic carbocycles. The summed E-state index contributed by atoms with van der Waals surface area (Å²) in [5.41, 5.74) is 0.752. The van der Waals surface area contributed by atoms with Crippen LogP contribution in [-0.2, 0) is 4.79 Å². The molecule has 0 aliphatic carbocycles. The van der Waals surface area contributed by atoms with E-state index in [1.165, 1.54) is 0 Å². The summed E-state index contributed by atoms with van der Waals surface area (Å²) in [5, 5.41) is 3.01. The second-order valence-electron chi connectivity index (χ2n) is 7.55. The number of benzene rings is 2. The molecular weight excluding hydrogens is 384 g/mol. The molecule has 30 heavy (non-hydrogen) atoms. The van der Waals surface area contributed by atoms with Crippen molar-refractivity contribution in [3.63, 3.8) is 0 Å². The van der Waals surface area contributed by atoms with Gasteiger partial charge in [-0.1, -0.05) is 0 Å². The fourth-order valence-electron chi connectivity index (χ4n) is 3.79. The molecule has 4 rings (SSSR count). The van der Waals surface area contributed by atoms with Crippen molar-refractivity contribution < 1.29 is 23.7 Å². The average molecular weight is 412 g/mol. The zero-order valence-corrected chi connectivity index (χ0v) is 17.3. The predicted octanol–water partition coefficient (Wildman–Crippen LogP) is 3.54. The van der Waals surface area contributed by atoms with Crippen LogP contribution in [0.25, 0.3) is 0 Å². The van der Waals surface area contributed by atoms with Gasteiger partial charge in [0.15, 0.2) is 11.5 Å². The molecule has 2 aliphatic heterocycles. The highest BCUT2D eigenvalue weighted by Crippen LogP contribution is 2.34. The topological polar surface area (TPSA) is 69.3 Å². The fraction of sp³-hybridized carbons (Fsp3) is 0.435. The number of likely N-dealkylation sites (tertiary alicyclic amines) is 1. The smallest absolute Gasteiger partial charge is 0.231 e. The molecule has 0 aromatic heterocycles. The monoisotopic (exact) mass is 412 g/mol. The molecule has 0 spiro atoms. The fourth-order valence-corrected chi connectivity index (χ4v) is 3.79. The second-order valence-corrected chi connectivity index (χ2v) is 7.55. The van der Waals surface area contributed by atoms with E-state index in [9.17, 15) is 4.79 Å². The minimum atomic E-state index is 0.0437. The Morgan fingerprint density at radius 1 is 1.07 bits per heavy atom. The van der Waals surface area contributed by atoms with Crippen molar-refractivity contribution in [3.8, 4) is 23.0 Å². The van der Waals surface area contributed by atoms with Gasteiger partial charge in [-0.2, -0.15) is 0 Å². The Kier molecular flexibility index (Phi) is 6.59. The number of fused-ring (bicyclic) bond motifs is 1. The van der Waals surface area contributed by atoms with Gasteiger partial charge in [0.2, 0.25) is 12.7 Å². The molecular formula is C23H28N2O5. The van der Waals surface area contributed by atoms with Crippen molar-refractivity contribution in [1.82, 2.24) is 4.90 Å². The number of rotatable bonds is 8. The summed E-state index contributed by atoms with van der Waals surface area (Å²) in [6, 6.07) is 13.1. The van der Waals surface area contributed by atoms with Crippen LogP contribution < -0.4 is 24.3 Å². The summed E-state index contributed by atoms with van der Waals surface area (Å²) in [5.74, 6) is 3.21. The highest BCUT2D eigenvalue weighted by molar-refractivity contribution is 5.93. The third-order valence-corrected chi connectivity index (χ3v) is 5.55. The van der Waals surface area contributed by atoms with Gasteiger partial charge in [-0.05, 0) is 68.8 Å². The maximum absolute atomic E-state index is 12.6. The quantitative estimate of drug-likeness (QED) is 0.669. The van der Waals surface area contributed by atoms with Crippen LogP contribution in [0.2, 0.25) is 0 Å². The summed E-state index contributed by atoms with van der Waals surface area (Å²) >= 11 is 0. The molecule has 1 saturated heterocycles. The van der Waals surface area contributed by atoms with Gasteiger partial charge < -0.3 is 29.2 Å². The SMILES string of the molecule is COc1ccc(OCCCN2CCC(C(=O)Nc3ccc4c(c3)OCO4)CC2)cc1. The molecule has 0 atom stereocenters. The maximum Gasteiger partial charge on any atom is 0.231 e. The zero-order valence-electron chi connectivity index (χ0n) is 17.3. The van der Waals surface area contributed by atoms with Crippen LogP contribution in [0.15, 0.2) is 42.5 Å². The Balaban J connectivity index is 1.14. The number of hydrogen-bond donors (Lipinski definition) is 1. The standard InChI is InChI=1S/C23H28N2O5/c1-27-19-4-6-20(7-5-19)28-14-2-11-25-12-9-17(10-13-25)23(26)24-18-3-8-21-22(15-18)30-16-29-21/h3-8,15,17H,2,9-14,16H2,1H3,(H,24,26). The normalized spacial score (nSPS) is 16.3. The highest BCUT2D eigenvalue weighted by atomic mass is 16.7. The first kappa shape index (κ1) is 20.3. The van der Waals surface area contributed by atoms with Crippen molar-refractivity contribution in [2.45, 2.75) is 19.3 Å². The molecule has 0 saturated carbocycles. The molecule has 0 unspecified atom stereocenters. The predicted molar refractivity (Wildman–Crippen MR) is 113 cm³/mol. The largest absolute Gasteiger partial charge is 0.497 e. The molecule has 2 heterocycles. The van der Waals surface area contributed by atoms with Crippen LogP contribution >= 0.6 is 0 Å². The Labute approximate surface area is 176 Å². The number of carbonyl (C=O) groups excluding carboxylic acids is 1. The number of ether oxygens (including phenoxy) is 4. The lowest BCUT2D eigenvalue weighted by Gasteiger charge is -2.31. The molecule has 1 fully saturated rings. The second kappa shape index (κ2) is 9.71. The van der Waals surface area contributed by atoms with Gasteiger partial charge >= 0.3 is 0 Å². The first-order valence-electron chi connectivity index (χ1n) is 10.4. The Bertz CT molecular complexity index is 847. The van der Waals surface area contributed by atoms with E-state index >= 15 is 0 Å². The molecule has 7 nitrogen and oxygen atoms in total. The highest BCUT2D eigenvalue weighted by Gasteiger charge is 2.25. The first-order valence-corrected chi connectivity index (χ1v) is 10.4. The van der Waals surface area contributed by atoms with Crippen LogP contribution in [0, 0.1) is 5.92 Å². The first-order chi connectivity index (χ1) is 14.7. The van der Waals surface area contributed by atoms with E-state index in [-0.39, 0.29) is 18.6 Å². The third kappa shape index (κ3) is 5.16. The number of methoxy groups -OCH3 is 1. The van der Waals surface area contributed by atoms with E-state index in [1.54, 1.807) is 7.11 Å². The molecule has 0 radical (unpaired) electrons. The van der Waals surface area contributed by atoms with Crippen molar-refractivity contribution in [1.29, 1.82) is 0 Å². The van der Waals surface area contributed by atoms with Crippen LogP contribution in [0.4, 0.5) is 5.69 Å². The van der Waals surface area contributed by atoms with Gasteiger partial charge in [0.1, 0.15) is 11.5 Å². The summed E-state index contributed by atoms with van der Waals surface area (Å²) in [6.45, 7) is 3.75. The van der Waals surface area contributed by atoms with Crippen LogP contribution in [0.5, 0.6) is 23.0 Å². The van der Waals surface area contributed by atoms with Crippen molar-refractivity contribution in [3.05, 3.63) is 42.5 Å². The molecule has 7 heteroatoms. The molecule has 1 N–H and O–H groups in total. The van der Waals surface area contributed by atoms with Crippen LogP contribution in [0.1, 0.15) is 19.3 Å². The van der Waals surface area contributed by atoms with E-state index in [1.807, 2.05) is 42.5 Å². The lowest BCUT2D eigenvalue weighted by atomic mass is 9.95. The molecule has 2 aromatic rings. The number of piperidine rings is 1. The van der Waals surface area contributed by atoms with Crippen molar-refractivity contribution in [2.24, 2.45) is 5.92 Å². The number of hydrogen-bond acceptors (Lipinski definition) is 6. The Morgan fingerprint density at radius 3 is 2.57 bits per heavy atom. The van der Waals surface area contributed by atoms with E-state index in [2.05, 4.69) is 10.2 Å². The number of amides is 1. The van der Waals surface area contributed by atoms with E-state index in [0.717, 1.165) is 61.8 Å². The Morgan fingerprint density at radius 2 is 1.80 bits per heavy atom. The number of nitrogens with one attached hydrogen (secondary N) is 1. The lowest BCUT2D eigenvalue weighted by molar-refractivity contribution is -0.121. The van der Waals surface area contributed by atoms with Crippen LogP contribution in [-0.4, -0.2) is 51.0 Å². The number of anilines is 1. The van der Waals surface area contributed by atoms with Gasteiger partial charge in [-0.25, -0.2) is 0 Å². The van der Waals surface area contributed by atoms with Crippen LogP contribution in [0.3, 0.4) is 0 Å². The summed E-state index contributed by atoms with van der Waals surface area (Å²) in [6.07, 6.45) is 2.70. The third-order valence-electron chi connectivity index (χ3n) is 5.55. The van der Waals surface area contributed by atoms with Crippen molar-refractivity contribution in [2.75, 3.05) is 45.5 Å². The zero-order chi connectivity index (χ0) is 20.8. The number of nitrogens with zero attached hydrogens (tertiary/aromatic N) is 1. The van der Waals surface area contributed by atoms with E-state index in [0.29, 0.717) is 12.4 Å². The lowest BCUT2D eigenvalue weighted by Crippen LogP contribution is -2.38. The van der Waals surface area contributed by atoms with Gasteiger partial charge in [-0.15, -0.1) is 0 Å². The summed E-state index contributed by atoms with van der Waals surface area (Å²) in [4.78, 5) is 15.0. The summed E-state index contributed by atoms with van der Waals surface area (Å²) < 4.78 is 21.6. The molecule has 160 valence electrons. The minimum absolute atomic E-state index is 0.0437. The Hall–Kier alpha value is -2.93.